The van der Waals surface area contributed by atoms with Crippen molar-refractivity contribution in [1.29, 1.82) is 0 Å². The van der Waals surface area contributed by atoms with Crippen LogP contribution < -0.4 is 4.74 Å². The third-order valence-corrected chi connectivity index (χ3v) is 4.99. The van der Waals surface area contributed by atoms with Gasteiger partial charge in [-0.05, 0) is 29.8 Å². The number of carbonyl (C=O) groups is 1. The molecule has 0 aliphatic carbocycles. The zero-order valence-electron chi connectivity index (χ0n) is 12.3. The number of thiocarbonyl (C=S) groups is 1. The smallest absolute Gasteiger partial charge is 0.266 e. The molecule has 0 spiro atoms. The maximum absolute atomic E-state index is 12.4. The number of thioether (sulfide) groups is 1. The standard InChI is InChI=1S/C17H15NO2S2/c1-3-18-16(19)15(22-17(18)21)10-13-12-7-5-4-6-11(12)8-9-14(13)20-2/h4-10H,3H2,1-2H3/b15-10-. The van der Waals surface area contributed by atoms with Gasteiger partial charge in [0.1, 0.15) is 10.1 Å². The molecule has 22 heavy (non-hydrogen) atoms. The Kier molecular flexibility index (Phi) is 4.18. The molecule has 0 N–H and O–H groups in total. The Balaban J connectivity index is 2.16. The van der Waals surface area contributed by atoms with E-state index in [2.05, 4.69) is 0 Å². The first kappa shape index (κ1) is 15.1. The maximum Gasteiger partial charge on any atom is 0.266 e. The molecule has 112 valence electrons. The number of fused-ring (bicyclic) bond motifs is 1. The van der Waals surface area contributed by atoms with E-state index in [4.69, 9.17) is 17.0 Å². The average Bonchev–Trinajstić information content (AvgIpc) is 2.81. The van der Waals surface area contributed by atoms with E-state index < -0.39 is 0 Å². The van der Waals surface area contributed by atoms with Crippen LogP contribution in [0.15, 0.2) is 41.3 Å². The van der Waals surface area contributed by atoms with Gasteiger partial charge in [-0.1, -0.05) is 54.3 Å². The quantitative estimate of drug-likeness (QED) is 0.627. The van der Waals surface area contributed by atoms with Gasteiger partial charge in [-0.3, -0.25) is 9.69 Å². The van der Waals surface area contributed by atoms with Crippen LogP contribution >= 0.6 is 24.0 Å². The van der Waals surface area contributed by atoms with Gasteiger partial charge >= 0.3 is 0 Å². The molecule has 5 heteroatoms. The molecule has 1 fully saturated rings. The summed E-state index contributed by atoms with van der Waals surface area (Å²) in [5.74, 6) is 0.716. The van der Waals surface area contributed by atoms with Crippen LogP contribution in [0, 0.1) is 0 Å². The molecule has 1 amide bonds. The minimum atomic E-state index is -0.0347. The Morgan fingerprint density at radius 2 is 2.05 bits per heavy atom. The predicted molar refractivity (Wildman–Crippen MR) is 96.1 cm³/mol. The number of methoxy groups -OCH3 is 1. The molecule has 1 aliphatic rings. The first-order chi connectivity index (χ1) is 10.7. The van der Waals surface area contributed by atoms with E-state index >= 15 is 0 Å². The normalized spacial score (nSPS) is 16.8. The van der Waals surface area contributed by atoms with E-state index in [1.807, 2.05) is 49.4 Å². The topological polar surface area (TPSA) is 29.5 Å². The molecule has 3 nitrogen and oxygen atoms in total. The van der Waals surface area contributed by atoms with Crippen molar-refractivity contribution in [2.24, 2.45) is 0 Å². The zero-order chi connectivity index (χ0) is 15.7. The largest absolute Gasteiger partial charge is 0.496 e. The number of likely N-dealkylation sites (N-methyl/N-ethyl adjacent to an activating group) is 1. The van der Waals surface area contributed by atoms with Crippen LogP contribution in [0.3, 0.4) is 0 Å². The van der Waals surface area contributed by atoms with Crippen molar-refractivity contribution in [3.8, 4) is 5.75 Å². The lowest BCUT2D eigenvalue weighted by Crippen LogP contribution is -2.27. The van der Waals surface area contributed by atoms with Crippen LogP contribution in [0.4, 0.5) is 0 Å². The van der Waals surface area contributed by atoms with Crippen molar-refractivity contribution >= 4 is 51.1 Å². The van der Waals surface area contributed by atoms with Crippen molar-refractivity contribution in [3.63, 3.8) is 0 Å². The van der Waals surface area contributed by atoms with Gasteiger partial charge in [-0.15, -0.1) is 0 Å². The number of hydrogen-bond donors (Lipinski definition) is 0. The Bertz CT molecular complexity index is 798. The Labute approximate surface area is 138 Å². The maximum atomic E-state index is 12.4. The first-order valence-corrected chi connectivity index (χ1v) is 8.19. The summed E-state index contributed by atoms with van der Waals surface area (Å²) in [5, 5.41) is 2.17. The van der Waals surface area contributed by atoms with Gasteiger partial charge in [0.15, 0.2) is 0 Å². The lowest BCUT2D eigenvalue weighted by molar-refractivity contribution is -0.121. The molecular weight excluding hydrogens is 314 g/mol. The third kappa shape index (κ3) is 2.51. The summed E-state index contributed by atoms with van der Waals surface area (Å²) < 4.78 is 6.08. The SMILES string of the molecule is CCN1C(=O)/C(=C/c2c(OC)ccc3ccccc23)SC1=S. The fourth-order valence-electron chi connectivity index (χ4n) is 2.51. The molecule has 0 bridgehead atoms. The lowest BCUT2D eigenvalue weighted by atomic mass is 10.0. The molecule has 0 saturated carbocycles. The van der Waals surface area contributed by atoms with Crippen molar-refractivity contribution in [1.82, 2.24) is 4.90 Å². The number of carbonyl (C=O) groups excluding carboxylic acids is 1. The highest BCUT2D eigenvalue weighted by molar-refractivity contribution is 8.26. The van der Waals surface area contributed by atoms with Gasteiger partial charge in [-0.2, -0.15) is 0 Å². The van der Waals surface area contributed by atoms with Crippen LogP contribution in [0.25, 0.3) is 16.8 Å². The molecule has 2 aromatic rings. The molecule has 1 heterocycles. The van der Waals surface area contributed by atoms with Crippen LogP contribution in [-0.2, 0) is 4.79 Å². The van der Waals surface area contributed by atoms with E-state index in [1.54, 1.807) is 12.0 Å². The van der Waals surface area contributed by atoms with E-state index in [0.717, 1.165) is 22.1 Å². The van der Waals surface area contributed by atoms with E-state index in [0.29, 0.717) is 15.8 Å². The molecular formula is C17H15NO2S2. The molecule has 0 aromatic heterocycles. The molecule has 0 atom stereocenters. The van der Waals surface area contributed by atoms with Crippen molar-refractivity contribution in [2.45, 2.75) is 6.92 Å². The number of amides is 1. The second kappa shape index (κ2) is 6.10. The second-order valence-electron chi connectivity index (χ2n) is 4.83. The lowest BCUT2D eigenvalue weighted by Gasteiger charge is -2.10. The van der Waals surface area contributed by atoms with Crippen LogP contribution in [0.5, 0.6) is 5.75 Å². The Morgan fingerprint density at radius 3 is 2.73 bits per heavy atom. The van der Waals surface area contributed by atoms with Crippen molar-refractivity contribution in [3.05, 3.63) is 46.9 Å². The summed E-state index contributed by atoms with van der Waals surface area (Å²) in [6.45, 7) is 2.51. The van der Waals surface area contributed by atoms with Crippen LogP contribution in [-0.4, -0.2) is 28.8 Å². The summed E-state index contributed by atoms with van der Waals surface area (Å²) in [7, 11) is 1.64. The number of hydrogen-bond acceptors (Lipinski definition) is 4. The number of benzene rings is 2. The second-order valence-corrected chi connectivity index (χ2v) is 6.50. The average molecular weight is 329 g/mol. The minimum absolute atomic E-state index is 0.0347. The number of rotatable bonds is 3. The first-order valence-electron chi connectivity index (χ1n) is 6.96. The highest BCUT2D eigenvalue weighted by atomic mass is 32.2. The number of nitrogens with zero attached hydrogens (tertiary/aromatic N) is 1. The van der Waals surface area contributed by atoms with Crippen LogP contribution in [0.1, 0.15) is 12.5 Å². The van der Waals surface area contributed by atoms with Gasteiger partial charge in [0.05, 0.1) is 12.0 Å². The minimum Gasteiger partial charge on any atom is -0.496 e. The zero-order valence-corrected chi connectivity index (χ0v) is 14.0. The molecule has 3 rings (SSSR count). The van der Waals surface area contributed by atoms with Gasteiger partial charge in [0.2, 0.25) is 0 Å². The Morgan fingerprint density at radius 1 is 1.27 bits per heavy atom. The monoisotopic (exact) mass is 329 g/mol. The predicted octanol–water partition coefficient (Wildman–Crippen LogP) is 4.07. The summed E-state index contributed by atoms with van der Waals surface area (Å²) in [6.07, 6.45) is 1.89. The molecule has 0 unspecified atom stereocenters. The van der Waals surface area contributed by atoms with Crippen LogP contribution in [0.2, 0.25) is 0 Å². The fourth-order valence-corrected chi connectivity index (χ4v) is 3.87. The number of ether oxygens (including phenoxy) is 1. The molecule has 1 aliphatic heterocycles. The van der Waals surface area contributed by atoms with Gasteiger partial charge < -0.3 is 4.74 Å². The van der Waals surface area contributed by atoms with Crippen molar-refractivity contribution in [2.75, 3.05) is 13.7 Å². The Hall–Kier alpha value is -1.85. The van der Waals surface area contributed by atoms with E-state index in [-0.39, 0.29) is 5.91 Å². The van der Waals surface area contributed by atoms with E-state index in [1.165, 1.54) is 11.8 Å². The van der Waals surface area contributed by atoms with Gasteiger partial charge in [0.25, 0.3) is 5.91 Å². The van der Waals surface area contributed by atoms with Gasteiger partial charge in [0, 0.05) is 12.1 Å². The molecule has 0 radical (unpaired) electrons. The highest BCUT2D eigenvalue weighted by Crippen LogP contribution is 2.36. The summed E-state index contributed by atoms with van der Waals surface area (Å²) >= 11 is 6.61. The third-order valence-electron chi connectivity index (χ3n) is 3.62. The highest BCUT2D eigenvalue weighted by Gasteiger charge is 2.31. The summed E-state index contributed by atoms with van der Waals surface area (Å²) in [5.41, 5.74) is 0.914. The summed E-state index contributed by atoms with van der Waals surface area (Å²) in [4.78, 5) is 14.7. The summed E-state index contributed by atoms with van der Waals surface area (Å²) in [6, 6.07) is 12.0. The van der Waals surface area contributed by atoms with E-state index in [9.17, 15) is 4.79 Å². The molecule has 1 saturated heterocycles. The van der Waals surface area contributed by atoms with Crippen molar-refractivity contribution < 1.29 is 9.53 Å². The fraction of sp³-hybridized carbons (Fsp3) is 0.176. The molecule has 2 aromatic carbocycles. The van der Waals surface area contributed by atoms with Gasteiger partial charge in [-0.25, -0.2) is 0 Å².